The SMILES string of the molecule is O=C(NC1CC1)c1ccc(CN(Cc2ccco2)Cc2noc3c2CCCC3)cc1. The monoisotopic (exact) mass is 405 g/mol. The number of nitrogens with zero attached hydrogens (tertiary/aromatic N) is 2. The van der Waals surface area contributed by atoms with E-state index in [2.05, 4.69) is 15.4 Å². The zero-order chi connectivity index (χ0) is 20.3. The average molecular weight is 405 g/mol. The molecule has 156 valence electrons. The number of aromatic nitrogens is 1. The number of carbonyl (C=O) groups is 1. The van der Waals surface area contributed by atoms with Crippen molar-refractivity contribution < 1.29 is 13.7 Å². The number of hydrogen-bond donors (Lipinski definition) is 1. The van der Waals surface area contributed by atoms with Crippen molar-refractivity contribution in [3.05, 3.63) is 76.6 Å². The summed E-state index contributed by atoms with van der Waals surface area (Å²) in [5, 5.41) is 7.42. The van der Waals surface area contributed by atoms with Gasteiger partial charge in [0.1, 0.15) is 17.2 Å². The first-order chi connectivity index (χ1) is 14.7. The minimum Gasteiger partial charge on any atom is -0.468 e. The number of hydrogen-bond acceptors (Lipinski definition) is 5. The van der Waals surface area contributed by atoms with Crippen molar-refractivity contribution in [1.29, 1.82) is 0 Å². The van der Waals surface area contributed by atoms with Crippen LogP contribution < -0.4 is 5.32 Å². The van der Waals surface area contributed by atoms with Gasteiger partial charge in [0.05, 0.1) is 12.8 Å². The molecule has 0 bridgehead atoms. The lowest BCUT2D eigenvalue weighted by Crippen LogP contribution is -2.25. The highest BCUT2D eigenvalue weighted by Gasteiger charge is 2.24. The Morgan fingerprint density at radius 2 is 1.90 bits per heavy atom. The predicted molar refractivity (Wildman–Crippen MR) is 112 cm³/mol. The molecule has 0 aliphatic heterocycles. The summed E-state index contributed by atoms with van der Waals surface area (Å²) in [5.74, 6) is 2.00. The number of rotatable bonds is 8. The Balaban J connectivity index is 1.30. The second-order valence-corrected chi connectivity index (χ2v) is 8.41. The van der Waals surface area contributed by atoms with Gasteiger partial charge in [0.25, 0.3) is 5.91 Å². The smallest absolute Gasteiger partial charge is 0.251 e. The maximum Gasteiger partial charge on any atom is 0.251 e. The van der Waals surface area contributed by atoms with E-state index in [0.29, 0.717) is 24.7 Å². The van der Waals surface area contributed by atoms with Gasteiger partial charge in [-0.05, 0) is 61.9 Å². The van der Waals surface area contributed by atoms with Gasteiger partial charge in [-0.25, -0.2) is 0 Å². The van der Waals surface area contributed by atoms with E-state index in [1.165, 1.54) is 18.4 Å². The van der Waals surface area contributed by atoms with Crippen LogP contribution >= 0.6 is 0 Å². The maximum atomic E-state index is 12.2. The highest BCUT2D eigenvalue weighted by atomic mass is 16.5. The lowest BCUT2D eigenvalue weighted by Gasteiger charge is -2.21. The summed E-state index contributed by atoms with van der Waals surface area (Å²) < 4.78 is 11.2. The standard InChI is InChI=1S/C24H27N3O3/c28-24(25-19-11-12-19)18-9-7-17(8-10-18)14-27(15-20-4-3-13-29-20)16-22-21-5-1-2-6-23(21)30-26-22/h3-4,7-10,13,19H,1-2,5-6,11-12,14-16H2,(H,25,28). The minimum absolute atomic E-state index is 0.0192. The van der Waals surface area contributed by atoms with Crippen LogP contribution in [0.4, 0.5) is 0 Å². The zero-order valence-corrected chi connectivity index (χ0v) is 17.1. The molecule has 2 aliphatic rings. The zero-order valence-electron chi connectivity index (χ0n) is 17.1. The molecule has 2 heterocycles. The Labute approximate surface area is 176 Å². The molecule has 1 N–H and O–H groups in total. The Bertz CT molecular complexity index is 987. The predicted octanol–water partition coefficient (Wildman–Crippen LogP) is 4.24. The molecule has 3 aromatic rings. The molecule has 1 amide bonds. The molecule has 6 nitrogen and oxygen atoms in total. The molecule has 30 heavy (non-hydrogen) atoms. The second-order valence-electron chi connectivity index (χ2n) is 8.41. The van der Waals surface area contributed by atoms with Crippen LogP contribution in [0.3, 0.4) is 0 Å². The normalized spacial score (nSPS) is 15.9. The van der Waals surface area contributed by atoms with Gasteiger partial charge < -0.3 is 14.3 Å². The van der Waals surface area contributed by atoms with Crippen LogP contribution in [0.2, 0.25) is 0 Å². The van der Waals surface area contributed by atoms with Crippen LogP contribution in [0.15, 0.2) is 51.6 Å². The van der Waals surface area contributed by atoms with Gasteiger partial charge in [-0.1, -0.05) is 17.3 Å². The highest BCUT2D eigenvalue weighted by molar-refractivity contribution is 5.94. The first-order valence-electron chi connectivity index (χ1n) is 10.9. The Kier molecular flexibility index (Phi) is 5.41. The van der Waals surface area contributed by atoms with Crippen LogP contribution in [0.25, 0.3) is 0 Å². The quantitative estimate of drug-likeness (QED) is 0.607. The first-order valence-corrected chi connectivity index (χ1v) is 10.9. The third-order valence-electron chi connectivity index (χ3n) is 5.90. The van der Waals surface area contributed by atoms with Gasteiger partial charge in [0.2, 0.25) is 0 Å². The summed E-state index contributed by atoms with van der Waals surface area (Å²) in [6.07, 6.45) is 8.31. The molecule has 2 aromatic heterocycles. The molecule has 2 aliphatic carbocycles. The number of nitrogens with one attached hydrogen (secondary N) is 1. The van der Waals surface area contributed by atoms with E-state index in [-0.39, 0.29) is 5.91 Å². The third kappa shape index (κ3) is 4.49. The molecule has 0 atom stereocenters. The van der Waals surface area contributed by atoms with E-state index in [9.17, 15) is 4.79 Å². The minimum atomic E-state index is 0.0192. The molecule has 6 heteroatoms. The molecule has 1 aromatic carbocycles. The van der Waals surface area contributed by atoms with E-state index < -0.39 is 0 Å². The van der Waals surface area contributed by atoms with E-state index in [1.54, 1.807) is 6.26 Å². The number of fused-ring (bicyclic) bond motifs is 1. The second kappa shape index (κ2) is 8.48. The topological polar surface area (TPSA) is 71.5 Å². The Hall–Kier alpha value is -2.86. The van der Waals surface area contributed by atoms with Crippen LogP contribution in [0, 0.1) is 0 Å². The van der Waals surface area contributed by atoms with Crippen molar-refractivity contribution in [2.75, 3.05) is 0 Å². The van der Waals surface area contributed by atoms with Crippen LogP contribution in [-0.4, -0.2) is 22.0 Å². The fourth-order valence-electron chi connectivity index (χ4n) is 4.09. The Morgan fingerprint density at radius 1 is 1.07 bits per heavy atom. The van der Waals surface area contributed by atoms with Crippen molar-refractivity contribution in [3.8, 4) is 0 Å². The molecule has 0 radical (unpaired) electrons. The molecule has 5 rings (SSSR count). The number of carbonyl (C=O) groups excluding carboxylic acids is 1. The fourth-order valence-corrected chi connectivity index (χ4v) is 4.09. The van der Waals surface area contributed by atoms with Crippen molar-refractivity contribution >= 4 is 5.91 Å². The highest BCUT2D eigenvalue weighted by Crippen LogP contribution is 2.26. The third-order valence-corrected chi connectivity index (χ3v) is 5.90. The van der Waals surface area contributed by atoms with E-state index in [4.69, 9.17) is 8.94 Å². The fraction of sp³-hybridized carbons (Fsp3) is 0.417. The van der Waals surface area contributed by atoms with Gasteiger partial charge in [-0.2, -0.15) is 0 Å². The summed E-state index contributed by atoms with van der Waals surface area (Å²) in [6.45, 7) is 2.15. The van der Waals surface area contributed by atoms with E-state index in [1.807, 2.05) is 36.4 Å². The van der Waals surface area contributed by atoms with Crippen LogP contribution in [0.5, 0.6) is 0 Å². The Morgan fingerprint density at radius 3 is 2.67 bits per heavy atom. The van der Waals surface area contributed by atoms with Crippen molar-refractivity contribution in [2.45, 2.75) is 64.2 Å². The number of aryl methyl sites for hydroxylation is 1. The van der Waals surface area contributed by atoms with Crippen LogP contribution in [-0.2, 0) is 32.5 Å². The number of benzene rings is 1. The molecular weight excluding hydrogens is 378 g/mol. The average Bonchev–Trinajstić information content (AvgIpc) is 3.26. The lowest BCUT2D eigenvalue weighted by atomic mass is 9.96. The summed E-state index contributed by atoms with van der Waals surface area (Å²) in [6, 6.07) is 12.2. The van der Waals surface area contributed by atoms with Gasteiger partial charge in [0, 0.05) is 36.7 Å². The number of furan rings is 1. The largest absolute Gasteiger partial charge is 0.468 e. The number of amides is 1. The lowest BCUT2D eigenvalue weighted by molar-refractivity contribution is 0.0951. The van der Waals surface area contributed by atoms with Gasteiger partial charge >= 0.3 is 0 Å². The van der Waals surface area contributed by atoms with E-state index >= 15 is 0 Å². The molecule has 0 saturated heterocycles. The van der Waals surface area contributed by atoms with E-state index in [0.717, 1.165) is 55.0 Å². The van der Waals surface area contributed by atoms with Gasteiger partial charge in [-0.15, -0.1) is 0 Å². The van der Waals surface area contributed by atoms with Crippen molar-refractivity contribution in [1.82, 2.24) is 15.4 Å². The molecule has 0 spiro atoms. The molecule has 1 saturated carbocycles. The summed E-state index contributed by atoms with van der Waals surface area (Å²) in [7, 11) is 0. The van der Waals surface area contributed by atoms with Crippen LogP contribution in [0.1, 0.15) is 64.4 Å². The van der Waals surface area contributed by atoms with Crippen molar-refractivity contribution in [2.24, 2.45) is 0 Å². The summed E-state index contributed by atoms with van der Waals surface area (Å²) in [4.78, 5) is 14.5. The molecular formula is C24H27N3O3. The molecule has 0 unspecified atom stereocenters. The maximum absolute atomic E-state index is 12.2. The molecule has 1 fully saturated rings. The van der Waals surface area contributed by atoms with Gasteiger partial charge in [-0.3, -0.25) is 9.69 Å². The summed E-state index contributed by atoms with van der Waals surface area (Å²) in [5.41, 5.74) is 4.20. The first kappa shape index (κ1) is 19.1. The van der Waals surface area contributed by atoms with Gasteiger partial charge in [0.15, 0.2) is 0 Å². The summed E-state index contributed by atoms with van der Waals surface area (Å²) >= 11 is 0. The van der Waals surface area contributed by atoms with Crippen molar-refractivity contribution in [3.63, 3.8) is 0 Å².